The maximum Gasteiger partial charge on any atom is 0.0545 e. The number of hydrogen-bond acceptors (Lipinski definition) is 1. The quantitative estimate of drug-likeness (QED) is 0.618. The second-order valence-corrected chi connectivity index (χ2v) is 4.65. The highest BCUT2D eigenvalue weighted by Gasteiger charge is 2.42. The van der Waals surface area contributed by atoms with E-state index in [1.54, 1.807) is 0 Å². The molecule has 11 heavy (non-hydrogen) atoms. The molecule has 0 amide bonds. The van der Waals surface area contributed by atoms with Crippen molar-refractivity contribution in [2.45, 2.75) is 46.6 Å². The molecule has 0 aromatic rings. The van der Waals surface area contributed by atoms with Crippen LogP contribution < -0.4 is 0 Å². The molecule has 1 N–H and O–H groups in total. The normalized spacial score (nSPS) is 39.0. The molecule has 0 saturated heterocycles. The molecule has 2 unspecified atom stereocenters. The van der Waals surface area contributed by atoms with Crippen LogP contribution in [-0.2, 0) is 0 Å². The van der Waals surface area contributed by atoms with E-state index < -0.39 is 0 Å². The molecule has 0 bridgehead atoms. The number of rotatable bonds is 1. The summed E-state index contributed by atoms with van der Waals surface area (Å²) in [4.78, 5) is 0. The first-order chi connectivity index (χ1) is 4.96. The van der Waals surface area contributed by atoms with Crippen LogP contribution in [0.25, 0.3) is 0 Å². The van der Waals surface area contributed by atoms with Crippen LogP contribution in [0.4, 0.5) is 0 Å². The monoisotopic (exact) mass is 156 g/mol. The highest BCUT2D eigenvalue weighted by atomic mass is 16.3. The first-order valence-electron chi connectivity index (χ1n) is 4.64. The minimum Gasteiger partial charge on any atom is -0.393 e. The molecule has 1 fully saturated rings. The van der Waals surface area contributed by atoms with Crippen molar-refractivity contribution in [3.63, 3.8) is 0 Å². The van der Waals surface area contributed by atoms with E-state index in [4.69, 9.17) is 0 Å². The van der Waals surface area contributed by atoms with Gasteiger partial charge in [0.15, 0.2) is 0 Å². The predicted octanol–water partition coefficient (Wildman–Crippen LogP) is 2.44. The van der Waals surface area contributed by atoms with Crippen molar-refractivity contribution in [2.75, 3.05) is 0 Å². The molecule has 66 valence electrons. The Kier molecular flexibility index (Phi) is 2.29. The fourth-order valence-corrected chi connectivity index (χ4v) is 2.40. The Morgan fingerprint density at radius 2 is 1.91 bits per heavy atom. The molecule has 0 spiro atoms. The lowest BCUT2D eigenvalue weighted by Gasteiger charge is -2.33. The lowest BCUT2D eigenvalue weighted by Crippen LogP contribution is -2.30. The summed E-state index contributed by atoms with van der Waals surface area (Å²) in [6, 6.07) is 0. The third-order valence-corrected chi connectivity index (χ3v) is 3.72. The molecule has 0 aliphatic heterocycles. The Morgan fingerprint density at radius 1 is 1.36 bits per heavy atom. The Hall–Kier alpha value is -0.0400. The van der Waals surface area contributed by atoms with Gasteiger partial charge in [0.2, 0.25) is 0 Å². The SMILES string of the molecule is CC1CCC([C@H](C)O)C1(C)C. The summed E-state index contributed by atoms with van der Waals surface area (Å²) in [7, 11) is 0. The van der Waals surface area contributed by atoms with Gasteiger partial charge in [0.25, 0.3) is 0 Å². The van der Waals surface area contributed by atoms with E-state index in [0.29, 0.717) is 11.3 Å². The molecule has 3 atom stereocenters. The fraction of sp³-hybridized carbons (Fsp3) is 1.00. The second-order valence-electron chi connectivity index (χ2n) is 4.65. The summed E-state index contributed by atoms with van der Waals surface area (Å²) in [6.45, 7) is 8.77. The van der Waals surface area contributed by atoms with Crippen molar-refractivity contribution >= 4 is 0 Å². The molecule has 0 radical (unpaired) electrons. The molecule has 1 saturated carbocycles. The van der Waals surface area contributed by atoms with Crippen molar-refractivity contribution in [3.8, 4) is 0 Å². The van der Waals surface area contributed by atoms with Crippen molar-refractivity contribution in [3.05, 3.63) is 0 Å². The number of aliphatic hydroxyl groups excluding tert-OH is 1. The second kappa shape index (κ2) is 2.78. The highest BCUT2D eigenvalue weighted by molar-refractivity contribution is 4.91. The third-order valence-electron chi connectivity index (χ3n) is 3.72. The van der Waals surface area contributed by atoms with Gasteiger partial charge < -0.3 is 5.11 Å². The van der Waals surface area contributed by atoms with Crippen molar-refractivity contribution < 1.29 is 5.11 Å². The molecular formula is C10H20O. The van der Waals surface area contributed by atoms with Crippen LogP contribution >= 0.6 is 0 Å². The first-order valence-corrected chi connectivity index (χ1v) is 4.64. The zero-order chi connectivity index (χ0) is 8.65. The maximum atomic E-state index is 9.51. The van der Waals surface area contributed by atoms with E-state index in [1.165, 1.54) is 12.8 Å². The number of hydrogen-bond donors (Lipinski definition) is 1. The average Bonchev–Trinajstić information content (AvgIpc) is 2.08. The van der Waals surface area contributed by atoms with Gasteiger partial charge in [-0.05, 0) is 37.0 Å². The fourth-order valence-electron chi connectivity index (χ4n) is 2.40. The van der Waals surface area contributed by atoms with Crippen LogP contribution in [0.2, 0.25) is 0 Å². The molecule has 1 nitrogen and oxygen atoms in total. The number of aliphatic hydroxyl groups is 1. The van der Waals surface area contributed by atoms with E-state index >= 15 is 0 Å². The molecular weight excluding hydrogens is 136 g/mol. The molecule has 1 rings (SSSR count). The van der Waals surface area contributed by atoms with Gasteiger partial charge in [0.1, 0.15) is 0 Å². The predicted molar refractivity (Wildman–Crippen MR) is 47.3 cm³/mol. The maximum absolute atomic E-state index is 9.51. The zero-order valence-corrected chi connectivity index (χ0v) is 8.09. The van der Waals surface area contributed by atoms with Crippen molar-refractivity contribution in [2.24, 2.45) is 17.3 Å². The Labute approximate surface area is 69.8 Å². The summed E-state index contributed by atoms with van der Waals surface area (Å²) in [5.74, 6) is 1.28. The minimum atomic E-state index is -0.130. The van der Waals surface area contributed by atoms with Crippen LogP contribution in [0.15, 0.2) is 0 Å². The van der Waals surface area contributed by atoms with Gasteiger partial charge in [-0.2, -0.15) is 0 Å². The standard InChI is InChI=1S/C10H20O/c1-7-5-6-9(8(2)11)10(7,3)4/h7-9,11H,5-6H2,1-4H3/t7?,8-,9?/m0/s1. The Morgan fingerprint density at radius 3 is 2.09 bits per heavy atom. The van der Waals surface area contributed by atoms with Gasteiger partial charge in [-0.15, -0.1) is 0 Å². The van der Waals surface area contributed by atoms with Gasteiger partial charge in [-0.3, -0.25) is 0 Å². The van der Waals surface area contributed by atoms with Crippen LogP contribution in [0.5, 0.6) is 0 Å². The van der Waals surface area contributed by atoms with Gasteiger partial charge in [-0.25, -0.2) is 0 Å². The zero-order valence-electron chi connectivity index (χ0n) is 8.09. The lowest BCUT2D eigenvalue weighted by molar-refractivity contribution is 0.0531. The summed E-state index contributed by atoms with van der Waals surface area (Å²) in [5.41, 5.74) is 0.341. The lowest BCUT2D eigenvalue weighted by atomic mass is 9.74. The van der Waals surface area contributed by atoms with Gasteiger partial charge in [0, 0.05) is 0 Å². The molecule has 1 aliphatic carbocycles. The summed E-state index contributed by atoms with van der Waals surface area (Å²) >= 11 is 0. The van der Waals surface area contributed by atoms with E-state index in [0.717, 1.165) is 5.92 Å². The van der Waals surface area contributed by atoms with Crippen LogP contribution in [0.1, 0.15) is 40.5 Å². The van der Waals surface area contributed by atoms with Crippen LogP contribution in [0.3, 0.4) is 0 Å². The topological polar surface area (TPSA) is 20.2 Å². The van der Waals surface area contributed by atoms with E-state index in [2.05, 4.69) is 20.8 Å². The van der Waals surface area contributed by atoms with Crippen molar-refractivity contribution in [1.29, 1.82) is 0 Å². The molecule has 0 aromatic heterocycles. The summed E-state index contributed by atoms with van der Waals surface area (Å²) in [5, 5.41) is 9.51. The van der Waals surface area contributed by atoms with Gasteiger partial charge in [-0.1, -0.05) is 20.8 Å². The van der Waals surface area contributed by atoms with E-state index in [1.807, 2.05) is 6.92 Å². The first kappa shape index (κ1) is 9.05. The third kappa shape index (κ3) is 1.44. The molecule has 1 aliphatic rings. The molecule has 1 heteroatoms. The molecule has 0 aromatic carbocycles. The minimum absolute atomic E-state index is 0.130. The van der Waals surface area contributed by atoms with Crippen LogP contribution in [-0.4, -0.2) is 11.2 Å². The van der Waals surface area contributed by atoms with E-state index in [-0.39, 0.29) is 6.10 Å². The van der Waals surface area contributed by atoms with Crippen molar-refractivity contribution in [1.82, 2.24) is 0 Å². The molecule has 0 heterocycles. The summed E-state index contributed by atoms with van der Waals surface area (Å²) < 4.78 is 0. The summed E-state index contributed by atoms with van der Waals surface area (Å²) in [6.07, 6.45) is 2.35. The van der Waals surface area contributed by atoms with Gasteiger partial charge in [0.05, 0.1) is 6.10 Å². The van der Waals surface area contributed by atoms with Crippen LogP contribution in [0, 0.1) is 17.3 Å². The van der Waals surface area contributed by atoms with E-state index in [9.17, 15) is 5.11 Å². The largest absolute Gasteiger partial charge is 0.393 e. The average molecular weight is 156 g/mol. The van der Waals surface area contributed by atoms with Gasteiger partial charge >= 0.3 is 0 Å². The smallest absolute Gasteiger partial charge is 0.0545 e. The highest BCUT2D eigenvalue weighted by Crippen LogP contribution is 2.48. The Bertz CT molecular complexity index is 138. The Balaban J connectivity index is 2.70.